The van der Waals surface area contributed by atoms with Crippen molar-refractivity contribution >= 4 is 38.7 Å². The molecular weight excluding hydrogens is 572 g/mol. The largest absolute Gasteiger partial charge is 0.497 e. The molecule has 0 heterocycles. The van der Waals surface area contributed by atoms with E-state index in [0.29, 0.717) is 46.2 Å². The van der Waals surface area contributed by atoms with E-state index in [1.165, 1.54) is 6.08 Å². The zero-order valence-corrected chi connectivity index (χ0v) is 24.1. The Hall–Kier alpha value is -4.48. The van der Waals surface area contributed by atoms with E-state index in [1.807, 2.05) is 37.3 Å². The van der Waals surface area contributed by atoms with Gasteiger partial charge in [0.05, 0.1) is 20.8 Å². The van der Waals surface area contributed by atoms with E-state index in [1.54, 1.807) is 44.6 Å². The summed E-state index contributed by atoms with van der Waals surface area (Å²) in [5, 5.41) is 14.8. The number of methoxy groups -OCH3 is 2. The first-order chi connectivity index (χ1) is 19.5. The summed E-state index contributed by atoms with van der Waals surface area (Å²) in [6.45, 7) is 2.83. The first-order valence-electron chi connectivity index (χ1n) is 12.6. The summed E-state index contributed by atoms with van der Waals surface area (Å²) in [5.41, 5.74) is 2.36. The molecule has 0 saturated heterocycles. The number of rotatable bonds is 11. The van der Waals surface area contributed by atoms with Crippen LogP contribution in [0.5, 0.6) is 23.0 Å². The van der Waals surface area contributed by atoms with E-state index < -0.39 is 5.91 Å². The zero-order chi connectivity index (χ0) is 28.5. The number of amides is 1. The lowest BCUT2D eigenvalue weighted by Crippen LogP contribution is -2.24. The van der Waals surface area contributed by atoms with Crippen LogP contribution in [-0.2, 0) is 17.9 Å². The molecule has 1 N–H and O–H groups in total. The summed E-state index contributed by atoms with van der Waals surface area (Å²) in [4.78, 5) is 12.9. The minimum atomic E-state index is -0.512. The number of nitriles is 1. The van der Waals surface area contributed by atoms with Crippen LogP contribution in [0.15, 0.2) is 82.8 Å². The van der Waals surface area contributed by atoms with E-state index in [0.717, 1.165) is 21.9 Å². The number of benzene rings is 4. The zero-order valence-electron chi connectivity index (χ0n) is 22.5. The number of nitrogens with one attached hydrogen (secondary N) is 1. The highest BCUT2D eigenvalue weighted by atomic mass is 79.9. The van der Waals surface area contributed by atoms with Gasteiger partial charge in [-0.2, -0.15) is 5.26 Å². The summed E-state index contributed by atoms with van der Waals surface area (Å²) in [6, 6.07) is 25.1. The number of ether oxygens (including phenoxy) is 4. The van der Waals surface area contributed by atoms with Crippen molar-refractivity contribution < 1.29 is 23.7 Å². The van der Waals surface area contributed by atoms with Gasteiger partial charge in [-0.3, -0.25) is 4.79 Å². The lowest BCUT2D eigenvalue weighted by Gasteiger charge is -2.15. The van der Waals surface area contributed by atoms with Crippen LogP contribution in [0, 0.1) is 11.3 Å². The Labute approximate surface area is 242 Å². The maximum atomic E-state index is 12.9. The van der Waals surface area contributed by atoms with E-state index in [4.69, 9.17) is 18.9 Å². The van der Waals surface area contributed by atoms with Crippen molar-refractivity contribution in [3.8, 4) is 29.1 Å². The monoisotopic (exact) mass is 600 g/mol. The Morgan fingerprint density at radius 2 is 1.70 bits per heavy atom. The molecule has 0 aromatic heterocycles. The summed E-state index contributed by atoms with van der Waals surface area (Å²) in [6.07, 6.45) is 1.52. The number of halogens is 1. The molecule has 0 unspecified atom stereocenters. The number of fused-ring (bicyclic) bond motifs is 1. The molecule has 4 rings (SSSR count). The molecule has 0 atom stereocenters. The molecule has 1 amide bonds. The molecule has 7 nitrogen and oxygen atoms in total. The first kappa shape index (κ1) is 28.5. The maximum absolute atomic E-state index is 12.9. The first-order valence-corrected chi connectivity index (χ1v) is 13.4. The van der Waals surface area contributed by atoms with Crippen molar-refractivity contribution in [3.05, 3.63) is 99.5 Å². The Bertz CT molecular complexity index is 1590. The normalized spacial score (nSPS) is 11.0. The predicted molar refractivity (Wildman–Crippen MR) is 159 cm³/mol. The van der Waals surface area contributed by atoms with Gasteiger partial charge in [0.2, 0.25) is 0 Å². The molecule has 0 bridgehead atoms. The van der Waals surface area contributed by atoms with Crippen LogP contribution >= 0.6 is 15.9 Å². The van der Waals surface area contributed by atoms with Crippen LogP contribution in [0.1, 0.15) is 23.6 Å². The van der Waals surface area contributed by atoms with Gasteiger partial charge in [-0.25, -0.2) is 0 Å². The van der Waals surface area contributed by atoms with Crippen molar-refractivity contribution in [2.75, 3.05) is 20.8 Å². The SMILES string of the molecule is CCOc1cc(/C=C(\C#N)C(=O)NCc2ccc(OC)cc2OC)c(Br)cc1OCc1cccc2ccccc12. The molecule has 0 spiro atoms. The van der Waals surface area contributed by atoms with Gasteiger partial charge in [-0.1, -0.05) is 58.4 Å². The van der Waals surface area contributed by atoms with Gasteiger partial charge < -0.3 is 24.3 Å². The van der Waals surface area contributed by atoms with Crippen molar-refractivity contribution in [1.29, 1.82) is 5.26 Å². The van der Waals surface area contributed by atoms with Gasteiger partial charge in [0.1, 0.15) is 29.7 Å². The molecule has 0 aliphatic heterocycles. The van der Waals surface area contributed by atoms with Crippen molar-refractivity contribution in [3.63, 3.8) is 0 Å². The van der Waals surface area contributed by atoms with Crippen molar-refractivity contribution in [2.45, 2.75) is 20.1 Å². The lowest BCUT2D eigenvalue weighted by molar-refractivity contribution is -0.117. The molecule has 8 heteroatoms. The second kappa shape index (κ2) is 13.5. The van der Waals surface area contributed by atoms with Gasteiger partial charge in [0.25, 0.3) is 5.91 Å². The topological polar surface area (TPSA) is 89.8 Å². The lowest BCUT2D eigenvalue weighted by atomic mass is 10.1. The highest BCUT2D eigenvalue weighted by Gasteiger charge is 2.15. The Balaban J connectivity index is 1.53. The summed E-state index contributed by atoms with van der Waals surface area (Å²) >= 11 is 3.56. The highest BCUT2D eigenvalue weighted by Crippen LogP contribution is 2.36. The number of hydrogen-bond acceptors (Lipinski definition) is 6. The number of carbonyl (C=O) groups excluding carboxylic acids is 1. The van der Waals surface area contributed by atoms with Gasteiger partial charge in [0, 0.05) is 22.6 Å². The molecule has 0 aliphatic rings. The molecule has 204 valence electrons. The summed E-state index contributed by atoms with van der Waals surface area (Å²) < 4.78 is 23.3. The van der Waals surface area contributed by atoms with Crippen LogP contribution in [0.25, 0.3) is 16.8 Å². The van der Waals surface area contributed by atoms with Gasteiger partial charge in [-0.15, -0.1) is 0 Å². The van der Waals surface area contributed by atoms with Gasteiger partial charge >= 0.3 is 0 Å². The molecule has 0 aliphatic carbocycles. The van der Waals surface area contributed by atoms with E-state index in [2.05, 4.69) is 39.4 Å². The van der Waals surface area contributed by atoms with Crippen molar-refractivity contribution in [2.24, 2.45) is 0 Å². The van der Waals surface area contributed by atoms with Crippen LogP contribution in [0.2, 0.25) is 0 Å². The van der Waals surface area contributed by atoms with E-state index >= 15 is 0 Å². The molecule has 0 fully saturated rings. The fourth-order valence-electron chi connectivity index (χ4n) is 4.19. The summed E-state index contributed by atoms with van der Waals surface area (Å²) in [7, 11) is 3.11. The number of carbonyl (C=O) groups is 1. The Morgan fingerprint density at radius 3 is 2.45 bits per heavy atom. The molecule has 40 heavy (non-hydrogen) atoms. The standard InChI is InChI=1S/C32H29BrN2O5/c1-4-39-30-15-24(14-25(18-34)32(36)35-19-22-12-13-26(37-2)16-29(22)38-3)28(33)17-31(30)40-20-23-10-7-9-21-8-5-6-11-27(21)23/h5-17H,4,19-20H2,1-3H3,(H,35,36)/b25-14+. The Morgan fingerprint density at radius 1 is 0.925 bits per heavy atom. The van der Waals surface area contributed by atoms with Crippen molar-refractivity contribution in [1.82, 2.24) is 5.32 Å². The van der Waals surface area contributed by atoms with Crippen LogP contribution < -0.4 is 24.3 Å². The van der Waals surface area contributed by atoms with E-state index in [9.17, 15) is 10.1 Å². The molecule has 0 saturated carbocycles. The fourth-order valence-corrected chi connectivity index (χ4v) is 4.63. The molecule has 0 radical (unpaired) electrons. The van der Waals surface area contributed by atoms with Gasteiger partial charge in [0.15, 0.2) is 11.5 Å². The molecule has 4 aromatic rings. The highest BCUT2D eigenvalue weighted by molar-refractivity contribution is 9.10. The summed E-state index contributed by atoms with van der Waals surface area (Å²) in [5.74, 6) is 1.77. The molecular formula is C32H29BrN2O5. The smallest absolute Gasteiger partial charge is 0.262 e. The quantitative estimate of drug-likeness (QED) is 0.150. The second-order valence-electron chi connectivity index (χ2n) is 8.71. The fraction of sp³-hybridized carbons (Fsp3) is 0.188. The average molecular weight is 601 g/mol. The average Bonchev–Trinajstić information content (AvgIpc) is 2.99. The number of hydrogen-bond donors (Lipinski definition) is 1. The predicted octanol–water partition coefficient (Wildman–Crippen LogP) is 6.82. The van der Waals surface area contributed by atoms with Gasteiger partial charge in [-0.05, 0) is 59.2 Å². The van der Waals surface area contributed by atoms with E-state index in [-0.39, 0.29) is 12.1 Å². The third-order valence-electron chi connectivity index (χ3n) is 6.22. The van der Waals surface area contributed by atoms with Crippen LogP contribution in [-0.4, -0.2) is 26.7 Å². The maximum Gasteiger partial charge on any atom is 0.262 e. The Kier molecular flexibility index (Phi) is 9.66. The molecule has 4 aromatic carbocycles. The number of nitrogens with zero attached hydrogens (tertiary/aromatic N) is 1. The minimum absolute atomic E-state index is 0.0555. The van der Waals surface area contributed by atoms with Crippen LogP contribution in [0.4, 0.5) is 0 Å². The third kappa shape index (κ3) is 6.74. The second-order valence-corrected chi connectivity index (χ2v) is 9.57. The third-order valence-corrected chi connectivity index (χ3v) is 6.91. The minimum Gasteiger partial charge on any atom is -0.497 e. The van der Waals surface area contributed by atoms with Crippen LogP contribution in [0.3, 0.4) is 0 Å².